The minimum absolute atomic E-state index is 0.0466. The molecular weight excluding hydrogens is 345 g/mol. The van der Waals surface area contributed by atoms with E-state index in [1.807, 2.05) is 6.07 Å². The Kier molecular flexibility index (Phi) is 5.31. The minimum Gasteiger partial charge on any atom is -0.478 e. The number of hydrogen-bond donors (Lipinski definition) is 2. The van der Waals surface area contributed by atoms with Gasteiger partial charge >= 0.3 is 5.97 Å². The summed E-state index contributed by atoms with van der Waals surface area (Å²) in [6.07, 6.45) is 4.33. The zero-order chi connectivity index (χ0) is 19.6. The Hall–Kier alpha value is -2.69. The highest BCUT2D eigenvalue weighted by molar-refractivity contribution is 6.07. The van der Waals surface area contributed by atoms with Gasteiger partial charge in [0.05, 0.1) is 11.3 Å². The molecule has 1 amide bonds. The Bertz CT molecular complexity index is 848. The first kappa shape index (κ1) is 19.1. The first-order valence-corrected chi connectivity index (χ1v) is 9.19. The number of aromatic carboxylic acids is 1. The van der Waals surface area contributed by atoms with Crippen LogP contribution in [0.25, 0.3) is 0 Å². The zero-order valence-corrected chi connectivity index (χ0v) is 15.6. The van der Waals surface area contributed by atoms with Gasteiger partial charge < -0.3 is 10.4 Å². The van der Waals surface area contributed by atoms with E-state index < -0.39 is 17.7 Å². The molecule has 1 aliphatic rings. The minimum atomic E-state index is -1.10. The predicted octanol–water partition coefficient (Wildman–Crippen LogP) is 5.46. The fourth-order valence-electron chi connectivity index (χ4n) is 3.63. The van der Waals surface area contributed by atoms with Crippen molar-refractivity contribution in [3.05, 3.63) is 65.0 Å². The first-order chi connectivity index (χ1) is 12.7. The van der Waals surface area contributed by atoms with E-state index in [9.17, 15) is 19.1 Å². The van der Waals surface area contributed by atoms with E-state index in [1.165, 1.54) is 24.3 Å². The third-order valence-electron chi connectivity index (χ3n) is 5.44. The molecule has 0 atom stereocenters. The van der Waals surface area contributed by atoms with Crippen LogP contribution in [-0.4, -0.2) is 17.0 Å². The molecule has 142 valence electrons. The molecule has 0 radical (unpaired) electrons. The van der Waals surface area contributed by atoms with E-state index in [0.29, 0.717) is 11.3 Å². The molecule has 27 heavy (non-hydrogen) atoms. The number of carbonyl (C=O) groups excluding carboxylic acids is 1. The third kappa shape index (κ3) is 4.54. The van der Waals surface area contributed by atoms with Crippen LogP contribution in [0, 0.1) is 11.2 Å². The van der Waals surface area contributed by atoms with E-state index in [0.717, 1.165) is 31.2 Å². The third-order valence-corrected chi connectivity index (χ3v) is 5.44. The molecule has 3 rings (SSSR count). The first-order valence-electron chi connectivity index (χ1n) is 9.19. The summed E-state index contributed by atoms with van der Waals surface area (Å²) in [6, 6.07) is 10.3. The predicted molar refractivity (Wildman–Crippen MR) is 103 cm³/mol. The van der Waals surface area contributed by atoms with Gasteiger partial charge in [0.15, 0.2) is 0 Å². The second-order valence-corrected chi connectivity index (χ2v) is 8.01. The van der Waals surface area contributed by atoms with Crippen molar-refractivity contribution in [2.24, 2.45) is 5.41 Å². The molecule has 0 heterocycles. The van der Waals surface area contributed by atoms with Gasteiger partial charge in [0, 0.05) is 5.56 Å². The molecule has 0 saturated heterocycles. The number of anilines is 1. The molecule has 2 aromatic carbocycles. The Morgan fingerprint density at radius 2 is 1.70 bits per heavy atom. The van der Waals surface area contributed by atoms with E-state index in [1.54, 1.807) is 12.1 Å². The van der Waals surface area contributed by atoms with Crippen LogP contribution in [0.4, 0.5) is 10.1 Å². The number of rotatable bonds is 4. The number of hydrogen-bond acceptors (Lipinski definition) is 2. The zero-order valence-electron chi connectivity index (χ0n) is 15.6. The molecule has 0 aromatic heterocycles. The molecule has 1 saturated carbocycles. The maximum atomic E-state index is 13.1. The van der Waals surface area contributed by atoms with Crippen LogP contribution >= 0.6 is 0 Å². The van der Waals surface area contributed by atoms with E-state index in [-0.39, 0.29) is 16.8 Å². The van der Waals surface area contributed by atoms with Crippen molar-refractivity contribution in [2.75, 3.05) is 5.32 Å². The molecule has 5 heteroatoms. The Morgan fingerprint density at radius 1 is 1.07 bits per heavy atom. The second kappa shape index (κ2) is 7.51. The Morgan fingerprint density at radius 3 is 2.30 bits per heavy atom. The number of carboxylic acid groups (broad SMARTS) is 1. The second-order valence-electron chi connectivity index (χ2n) is 8.01. The largest absolute Gasteiger partial charge is 0.478 e. The summed E-state index contributed by atoms with van der Waals surface area (Å²) in [5.74, 6) is -1.62. The van der Waals surface area contributed by atoms with Gasteiger partial charge in [-0.25, -0.2) is 9.18 Å². The van der Waals surface area contributed by atoms with Crippen molar-refractivity contribution in [3.8, 4) is 0 Å². The Balaban J connectivity index is 1.85. The molecule has 2 aromatic rings. The number of benzene rings is 2. The monoisotopic (exact) mass is 369 g/mol. The van der Waals surface area contributed by atoms with Gasteiger partial charge in [0.2, 0.25) is 0 Å². The van der Waals surface area contributed by atoms with Gasteiger partial charge in [0.25, 0.3) is 5.91 Å². The lowest BCUT2D eigenvalue weighted by Gasteiger charge is -2.34. The number of amides is 1. The number of carboxylic acids is 1. The van der Waals surface area contributed by atoms with Crippen molar-refractivity contribution >= 4 is 17.6 Å². The van der Waals surface area contributed by atoms with Crippen molar-refractivity contribution in [3.63, 3.8) is 0 Å². The summed E-state index contributed by atoms with van der Waals surface area (Å²) in [7, 11) is 0. The quantitative estimate of drug-likeness (QED) is 0.752. The molecule has 0 bridgehead atoms. The maximum absolute atomic E-state index is 13.1. The van der Waals surface area contributed by atoms with Crippen LogP contribution in [-0.2, 0) is 0 Å². The topological polar surface area (TPSA) is 66.4 Å². The summed E-state index contributed by atoms with van der Waals surface area (Å²) in [6.45, 7) is 4.54. The van der Waals surface area contributed by atoms with Gasteiger partial charge in [-0.15, -0.1) is 0 Å². The SMILES string of the molecule is CC1(C)CCC(c2ccc(C(=O)O)c(NC(=O)c3ccc(F)cc3)c2)CC1. The summed E-state index contributed by atoms with van der Waals surface area (Å²) in [4.78, 5) is 24.0. The Labute approximate surface area is 158 Å². The van der Waals surface area contributed by atoms with Crippen LogP contribution in [0.1, 0.15) is 71.7 Å². The summed E-state index contributed by atoms with van der Waals surface area (Å²) < 4.78 is 13.1. The lowest BCUT2D eigenvalue weighted by molar-refractivity contribution is 0.0698. The van der Waals surface area contributed by atoms with Gasteiger partial charge in [0.1, 0.15) is 5.82 Å². The normalized spacial score (nSPS) is 16.7. The number of nitrogens with one attached hydrogen (secondary N) is 1. The molecular formula is C22H24FNO3. The van der Waals surface area contributed by atoms with Crippen LogP contribution in [0.5, 0.6) is 0 Å². The molecule has 1 fully saturated rings. The van der Waals surface area contributed by atoms with Crippen molar-refractivity contribution in [2.45, 2.75) is 45.4 Å². The molecule has 1 aliphatic carbocycles. The molecule has 0 spiro atoms. The standard InChI is InChI=1S/C22H24FNO3/c1-22(2)11-9-14(10-12-22)16-5-8-18(21(26)27)19(13-16)24-20(25)15-3-6-17(23)7-4-15/h3-8,13-14H,9-12H2,1-2H3,(H,24,25)(H,26,27). The van der Waals surface area contributed by atoms with Gasteiger partial charge in [-0.2, -0.15) is 0 Å². The molecule has 2 N–H and O–H groups in total. The lowest BCUT2D eigenvalue weighted by atomic mass is 9.71. The average Bonchev–Trinajstić information content (AvgIpc) is 2.62. The highest BCUT2D eigenvalue weighted by atomic mass is 19.1. The number of carbonyl (C=O) groups is 2. The number of halogens is 1. The van der Waals surface area contributed by atoms with Gasteiger partial charge in [-0.05, 0) is 79.0 Å². The molecule has 0 unspecified atom stereocenters. The van der Waals surface area contributed by atoms with Crippen molar-refractivity contribution < 1.29 is 19.1 Å². The summed E-state index contributed by atoms with van der Waals surface area (Å²) in [5, 5.41) is 12.1. The fourth-order valence-corrected chi connectivity index (χ4v) is 3.63. The summed E-state index contributed by atoms with van der Waals surface area (Å²) in [5.41, 5.74) is 1.99. The highest BCUT2D eigenvalue weighted by Crippen LogP contribution is 2.43. The van der Waals surface area contributed by atoms with Gasteiger partial charge in [-0.3, -0.25) is 4.79 Å². The van der Waals surface area contributed by atoms with E-state index in [2.05, 4.69) is 19.2 Å². The van der Waals surface area contributed by atoms with Crippen molar-refractivity contribution in [1.82, 2.24) is 0 Å². The fraction of sp³-hybridized carbons (Fsp3) is 0.364. The van der Waals surface area contributed by atoms with E-state index in [4.69, 9.17) is 0 Å². The van der Waals surface area contributed by atoms with Crippen LogP contribution in [0.3, 0.4) is 0 Å². The van der Waals surface area contributed by atoms with Crippen LogP contribution < -0.4 is 5.32 Å². The molecule has 4 nitrogen and oxygen atoms in total. The lowest BCUT2D eigenvalue weighted by Crippen LogP contribution is -2.20. The van der Waals surface area contributed by atoms with E-state index >= 15 is 0 Å². The van der Waals surface area contributed by atoms with Gasteiger partial charge in [-0.1, -0.05) is 19.9 Å². The molecule has 0 aliphatic heterocycles. The average molecular weight is 369 g/mol. The smallest absolute Gasteiger partial charge is 0.337 e. The van der Waals surface area contributed by atoms with Crippen molar-refractivity contribution in [1.29, 1.82) is 0 Å². The maximum Gasteiger partial charge on any atom is 0.337 e. The summed E-state index contributed by atoms with van der Waals surface area (Å²) >= 11 is 0. The van der Waals surface area contributed by atoms with Crippen LogP contribution in [0.15, 0.2) is 42.5 Å². The van der Waals surface area contributed by atoms with Crippen LogP contribution in [0.2, 0.25) is 0 Å². The highest BCUT2D eigenvalue weighted by Gasteiger charge is 2.28.